The van der Waals surface area contributed by atoms with Gasteiger partial charge in [0.2, 0.25) is 0 Å². The number of piperidine rings is 1. The van der Waals surface area contributed by atoms with Gasteiger partial charge in [0.15, 0.2) is 5.82 Å². The first kappa shape index (κ1) is 26.9. The van der Waals surface area contributed by atoms with Crippen molar-refractivity contribution in [3.8, 4) is 23.2 Å². The van der Waals surface area contributed by atoms with E-state index in [1.807, 2.05) is 19.3 Å². The Balaban J connectivity index is 1.29. The first-order valence-corrected chi connectivity index (χ1v) is 14.9. The molecule has 2 N–H and O–H groups in total. The maximum atomic E-state index is 12.5. The zero-order valence-electron chi connectivity index (χ0n) is 23.1. The summed E-state index contributed by atoms with van der Waals surface area (Å²) in [4.78, 5) is 15.7. The zero-order chi connectivity index (χ0) is 28.8. The number of nitrogens with one attached hydrogen (secondary N) is 1. The van der Waals surface area contributed by atoms with Crippen molar-refractivity contribution in [3.63, 3.8) is 0 Å². The highest BCUT2D eigenvalue weighted by Crippen LogP contribution is 2.35. The van der Waals surface area contributed by atoms with Crippen molar-refractivity contribution in [2.75, 3.05) is 23.3 Å². The minimum atomic E-state index is -3.48. The van der Waals surface area contributed by atoms with Crippen LogP contribution >= 0.6 is 0 Å². The minimum Gasteiger partial charge on any atom is -0.392 e. The highest BCUT2D eigenvalue weighted by atomic mass is 32.2. The molecule has 41 heavy (non-hydrogen) atoms. The van der Waals surface area contributed by atoms with Crippen LogP contribution in [0.15, 0.2) is 49.3 Å². The summed E-state index contributed by atoms with van der Waals surface area (Å²) in [5.41, 5.74) is 2.68. The van der Waals surface area contributed by atoms with E-state index >= 15 is 0 Å². The Bertz CT molecular complexity index is 1760. The first-order chi connectivity index (χ1) is 19.6. The van der Waals surface area contributed by atoms with E-state index in [2.05, 4.69) is 61.1 Å². The second-order valence-electron chi connectivity index (χ2n) is 11.2. The number of anilines is 3. The number of hydrogen-bond acceptors (Lipinski definition) is 10. The largest absolute Gasteiger partial charge is 0.392 e. The normalized spacial score (nSPS) is 18.5. The van der Waals surface area contributed by atoms with Crippen LogP contribution < -0.4 is 10.2 Å². The summed E-state index contributed by atoms with van der Waals surface area (Å²) >= 11 is 0. The van der Waals surface area contributed by atoms with Crippen molar-refractivity contribution in [1.29, 1.82) is 0 Å². The van der Waals surface area contributed by atoms with Gasteiger partial charge < -0.3 is 15.3 Å². The Hall–Kier alpha value is -4.28. The fraction of sp³-hybridized carbons (Fsp3) is 0.393. The van der Waals surface area contributed by atoms with Crippen molar-refractivity contribution in [3.05, 3.63) is 60.4 Å². The van der Waals surface area contributed by atoms with Gasteiger partial charge >= 0.3 is 0 Å². The molecule has 13 heteroatoms. The number of rotatable bonds is 6. The fourth-order valence-corrected chi connectivity index (χ4v) is 6.30. The lowest BCUT2D eigenvalue weighted by Gasteiger charge is -2.43. The number of pyridine rings is 1. The SMILES string of the molecule is Cn1cc(C#Cc2cnc(Nc3ccnc(-c4cnn(S(=O)(=O)C5CC5)c4)n3)cc2N2CCC(O)C(C)(C)C2)cn1. The number of aromatic nitrogens is 7. The number of hydrogen-bond donors (Lipinski definition) is 2. The molecular formula is C28H31N9O3S. The van der Waals surface area contributed by atoms with Gasteiger partial charge in [0.25, 0.3) is 10.0 Å². The molecule has 12 nitrogen and oxygen atoms in total. The second kappa shape index (κ2) is 10.3. The van der Waals surface area contributed by atoms with Crippen LogP contribution in [0.3, 0.4) is 0 Å². The topological polar surface area (TPSA) is 144 Å². The summed E-state index contributed by atoms with van der Waals surface area (Å²) < 4.78 is 27.8. The average molecular weight is 574 g/mol. The molecule has 1 saturated heterocycles. The third-order valence-electron chi connectivity index (χ3n) is 7.38. The summed E-state index contributed by atoms with van der Waals surface area (Å²) in [7, 11) is -1.63. The van der Waals surface area contributed by atoms with Crippen LogP contribution in [0.5, 0.6) is 0 Å². The quantitative estimate of drug-likeness (QED) is 0.330. The summed E-state index contributed by atoms with van der Waals surface area (Å²) in [5, 5.41) is 21.6. The summed E-state index contributed by atoms with van der Waals surface area (Å²) in [6.45, 7) is 5.46. The van der Waals surface area contributed by atoms with Crippen molar-refractivity contribution in [2.45, 2.75) is 44.5 Å². The molecule has 212 valence electrons. The van der Waals surface area contributed by atoms with Gasteiger partial charge in [0.1, 0.15) is 11.6 Å². The maximum absolute atomic E-state index is 12.5. The van der Waals surface area contributed by atoms with Crippen molar-refractivity contribution < 1.29 is 13.5 Å². The Morgan fingerprint density at radius 1 is 1.05 bits per heavy atom. The predicted molar refractivity (Wildman–Crippen MR) is 154 cm³/mol. The van der Waals surface area contributed by atoms with E-state index in [-0.39, 0.29) is 16.8 Å². The molecule has 4 aromatic heterocycles. The zero-order valence-corrected chi connectivity index (χ0v) is 23.9. The van der Waals surface area contributed by atoms with Gasteiger partial charge in [-0.2, -0.15) is 14.3 Å². The minimum absolute atomic E-state index is 0.290. The first-order valence-electron chi connectivity index (χ1n) is 13.4. The lowest BCUT2D eigenvalue weighted by Crippen LogP contribution is -2.48. The molecule has 2 fully saturated rings. The van der Waals surface area contributed by atoms with E-state index < -0.39 is 10.0 Å². The van der Waals surface area contributed by atoms with E-state index in [1.165, 1.54) is 12.4 Å². The molecule has 1 aliphatic heterocycles. The molecule has 1 saturated carbocycles. The molecule has 0 radical (unpaired) electrons. The third-order valence-corrected chi connectivity index (χ3v) is 9.41. The number of aryl methyl sites for hydroxylation is 1. The summed E-state index contributed by atoms with van der Waals surface area (Å²) in [5.74, 6) is 7.82. The van der Waals surface area contributed by atoms with Crippen LogP contribution in [0.2, 0.25) is 0 Å². The predicted octanol–water partition coefficient (Wildman–Crippen LogP) is 2.55. The van der Waals surface area contributed by atoms with Crippen LogP contribution in [0.25, 0.3) is 11.4 Å². The molecule has 6 rings (SSSR count). The van der Waals surface area contributed by atoms with Crippen molar-refractivity contribution in [1.82, 2.24) is 33.9 Å². The molecule has 5 heterocycles. The average Bonchev–Trinajstić information content (AvgIpc) is 3.54. The molecule has 0 aromatic carbocycles. The Labute approximate surface area is 238 Å². The second-order valence-corrected chi connectivity index (χ2v) is 13.3. The Kier molecular flexibility index (Phi) is 6.75. The van der Waals surface area contributed by atoms with E-state index in [1.54, 1.807) is 29.3 Å². The molecule has 0 amide bonds. The molecule has 0 bridgehead atoms. The van der Waals surface area contributed by atoms with E-state index in [9.17, 15) is 13.5 Å². The lowest BCUT2D eigenvalue weighted by atomic mass is 9.81. The van der Waals surface area contributed by atoms with Gasteiger partial charge in [-0.15, -0.1) is 0 Å². The molecule has 0 spiro atoms. The van der Waals surface area contributed by atoms with Crippen LogP contribution in [-0.2, 0) is 17.1 Å². The monoisotopic (exact) mass is 573 g/mol. The smallest absolute Gasteiger partial charge is 0.256 e. The van der Waals surface area contributed by atoms with E-state index in [0.717, 1.165) is 20.9 Å². The summed E-state index contributed by atoms with van der Waals surface area (Å²) in [6, 6.07) is 3.65. The molecule has 1 unspecified atom stereocenters. The van der Waals surface area contributed by atoms with Gasteiger partial charge in [0.05, 0.1) is 52.3 Å². The number of nitrogens with zero attached hydrogens (tertiary/aromatic N) is 8. The van der Waals surface area contributed by atoms with Gasteiger partial charge in [0, 0.05) is 50.2 Å². The standard InChI is InChI=1S/C28H31N9O3S/c1-28(2)18-36(11-9-24(28)38)23-12-26(30-14-20(23)5-4-19-13-31-35(3)16-19)33-25-8-10-29-27(34-25)21-15-32-37(17-21)41(39,40)22-6-7-22/h8,10,12-17,22,24,38H,6-7,9,11,18H2,1-3H3,(H,29,30,33,34). The summed E-state index contributed by atoms with van der Waals surface area (Å²) in [6.07, 6.45) is 11.4. The fourth-order valence-electron chi connectivity index (χ4n) is 4.82. The Morgan fingerprint density at radius 2 is 1.88 bits per heavy atom. The van der Waals surface area contributed by atoms with Gasteiger partial charge in [-0.1, -0.05) is 25.7 Å². The number of aliphatic hydroxyl groups is 1. The molecule has 1 atom stereocenters. The van der Waals surface area contributed by atoms with E-state index in [4.69, 9.17) is 0 Å². The lowest BCUT2D eigenvalue weighted by molar-refractivity contribution is 0.0336. The van der Waals surface area contributed by atoms with Crippen LogP contribution in [0, 0.1) is 17.3 Å². The van der Waals surface area contributed by atoms with Crippen molar-refractivity contribution >= 4 is 27.3 Å². The van der Waals surface area contributed by atoms with Gasteiger partial charge in [-0.05, 0) is 25.3 Å². The maximum Gasteiger partial charge on any atom is 0.256 e. The third kappa shape index (κ3) is 5.66. The number of aliphatic hydroxyl groups excluding tert-OH is 1. The molecule has 2 aliphatic rings. The van der Waals surface area contributed by atoms with Gasteiger partial charge in [-0.25, -0.2) is 23.4 Å². The molecule has 4 aromatic rings. The Morgan fingerprint density at radius 3 is 2.61 bits per heavy atom. The molecular weight excluding hydrogens is 542 g/mol. The van der Waals surface area contributed by atoms with E-state index in [0.29, 0.717) is 55.4 Å². The highest BCUT2D eigenvalue weighted by Gasteiger charge is 2.38. The highest BCUT2D eigenvalue weighted by molar-refractivity contribution is 7.90. The van der Waals surface area contributed by atoms with Crippen molar-refractivity contribution in [2.24, 2.45) is 12.5 Å². The molecule has 1 aliphatic carbocycles. The van der Waals surface area contributed by atoms with Crippen LogP contribution in [0.4, 0.5) is 17.3 Å². The van der Waals surface area contributed by atoms with Crippen LogP contribution in [-0.4, -0.2) is 71.9 Å². The van der Waals surface area contributed by atoms with Crippen LogP contribution in [0.1, 0.15) is 44.2 Å². The van der Waals surface area contributed by atoms with Gasteiger partial charge in [-0.3, -0.25) is 4.68 Å².